The van der Waals surface area contributed by atoms with Gasteiger partial charge in [-0.05, 0) is 25.1 Å². The lowest BCUT2D eigenvalue weighted by Gasteiger charge is -2.04. The summed E-state index contributed by atoms with van der Waals surface area (Å²) >= 11 is 0. The van der Waals surface area contributed by atoms with Gasteiger partial charge in [-0.25, -0.2) is 9.18 Å². The Morgan fingerprint density at radius 3 is 2.86 bits per heavy atom. The van der Waals surface area contributed by atoms with Crippen LogP contribution in [-0.4, -0.2) is 11.1 Å². The highest BCUT2D eigenvalue weighted by atomic mass is 19.1. The second-order valence-corrected chi connectivity index (χ2v) is 2.80. The topological polar surface area (TPSA) is 49.3 Å². The van der Waals surface area contributed by atoms with Gasteiger partial charge in [-0.3, -0.25) is 0 Å². The molecule has 2 N–H and O–H groups in total. The molecule has 0 heterocycles. The number of nitrogens with one attached hydrogen (secondary N) is 1. The number of halogens is 1. The number of rotatable bonds is 3. The third kappa shape index (κ3) is 3.26. The van der Waals surface area contributed by atoms with Crippen LogP contribution in [0.5, 0.6) is 0 Å². The Morgan fingerprint density at radius 2 is 2.29 bits per heavy atom. The highest BCUT2D eigenvalue weighted by Gasteiger charge is 1.96. The predicted octanol–water partition coefficient (Wildman–Crippen LogP) is 2.23. The van der Waals surface area contributed by atoms with E-state index in [0.717, 1.165) is 6.08 Å². The van der Waals surface area contributed by atoms with E-state index in [0.29, 0.717) is 11.4 Å². The normalized spacial score (nSPS) is 11.1. The summed E-state index contributed by atoms with van der Waals surface area (Å²) in [5.74, 6) is -1.40. The lowest BCUT2D eigenvalue weighted by molar-refractivity contribution is -0.131. The highest BCUT2D eigenvalue weighted by Crippen LogP contribution is 2.11. The van der Waals surface area contributed by atoms with Gasteiger partial charge in [0.25, 0.3) is 0 Å². The van der Waals surface area contributed by atoms with Crippen LogP contribution in [-0.2, 0) is 4.79 Å². The molecule has 0 unspecified atom stereocenters. The van der Waals surface area contributed by atoms with Crippen molar-refractivity contribution in [3.05, 3.63) is 41.9 Å². The number of hydrogen-bond acceptors (Lipinski definition) is 2. The van der Waals surface area contributed by atoms with Crippen molar-refractivity contribution in [2.45, 2.75) is 6.92 Å². The van der Waals surface area contributed by atoms with E-state index >= 15 is 0 Å². The summed E-state index contributed by atoms with van der Waals surface area (Å²) in [6, 6.07) is 5.81. The van der Waals surface area contributed by atoms with Crippen LogP contribution in [0.15, 0.2) is 36.0 Å². The number of allylic oxidation sites excluding steroid dienone is 1. The van der Waals surface area contributed by atoms with Gasteiger partial charge in [0.2, 0.25) is 0 Å². The van der Waals surface area contributed by atoms with Crippen LogP contribution in [0.1, 0.15) is 6.92 Å². The minimum atomic E-state index is -1.04. The molecule has 0 aliphatic heterocycles. The number of carboxylic acid groups (broad SMARTS) is 1. The third-order valence-corrected chi connectivity index (χ3v) is 1.51. The van der Waals surface area contributed by atoms with Crippen molar-refractivity contribution in [2.75, 3.05) is 5.32 Å². The molecule has 0 aliphatic rings. The number of aliphatic carboxylic acids is 1. The van der Waals surface area contributed by atoms with Crippen LogP contribution in [0.3, 0.4) is 0 Å². The first-order valence-electron chi connectivity index (χ1n) is 4.02. The summed E-state index contributed by atoms with van der Waals surface area (Å²) in [4.78, 5) is 10.3. The van der Waals surface area contributed by atoms with Crippen molar-refractivity contribution in [1.82, 2.24) is 0 Å². The second-order valence-electron chi connectivity index (χ2n) is 2.80. The summed E-state index contributed by atoms with van der Waals surface area (Å²) in [6.07, 6.45) is 1.02. The Morgan fingerprint density at radius 1 is 1.57 bits per heavy atom. The molecule has 0 spiro atoms. The highest BCUT2D eigenvalue weighted by molar-refractivity contribution is 5.81. The lowest BCUT2D eigenvalue weighted by atomic mass is 10.3. The van der Waals surface area contributed by atoms with Crippen LogP contribution in [0, 0.1) is 5.82 Å². The Bertz CT molecular complexity index is 374. The predicted molar refractivity (Wildman–Crippen MR) is 51.4 cm³/mol. The van der Waals surface area contributed by atoms with Gasteiger partial charge < -0.3 is 10.4 Å². The molecule has 0 amide bonds. The zero-order chi connectivity index (χ0) is 10.6. The molecule has 4 heteroatoms. The van der Waals surface area contributed by atoms with Gasteiger partial charge in [0.15, 0.2) is 0 Å². The minimum Gasteiger partial charge on any atom is -0.478 e. The molecule has 1 rings (SSSR count). The maximum atomic E-state index is 12.7. The van der Waals surface area contributed by atoms with E-state index in [1.54, 1.807) is 19.1 Å². The number of benzene rings is 1. The zero-order valence-electron chi connectivity index (χ0n) is 7.62. The maximum absolute atomic E-state index is 12.7. The fraction of sp³-hybridized carbons (Fsp3) is 0.100. The van der Waals surface area contributed by atoms with Crippen LogP contribution in [0.4, 0.5) is 10.1 Å². The van der Waals surface area contributed by atoms with E-state index < -0.39 is 5.97 Å². The van der Waals surface area contributed by atoms with E-state index in [9.17, 15) is 9.18 Å². The van der Waals surface area contributed by atoms with Gasteiger partial charge in [0, 0.05) is 17.5 Å². The van der Waals surface area contributed by atoms with E-state index in [1.165, 1.54) is 12.1 Å². The molecule has 0 radical (unpaired) electrons. The van der Waals surface area contributed by atoms with E-state index in [1.807, 2.05) is 0 Å². The van der Waals surface area contributed by atoms with Gasteiger partial charge in [0.1, 0.15) is 5.82 Å². The summed E-state index contributed by atoms with van der Waals surface area (Å²) < 4.78 is 12.7. The van der Waals surface area contributed by atoms with E-state index in [4.69, 9.17) is 5.11 Å². The maximum Gasteiger partial charge on any atom is 0.330 e. The molecule has 1 aromatic carbocycles. The molecule has 0 atom stereocenters. The number of carbonyl (C=O) groups is 1. The molecule has 0 aromatic heterocycles. The third-order valence-electron chi connectivity index (χ3n) is 1.51. The zero-order valence-corrected chi connectivity index (χ0v) is 7.62. The fourth-order valence-corrected chi connectivity index (χ4v) is 1.02. The summed E-state index contributed by atoms with van der Waals surface area (Å²) in [6.45, 7) is 1.60. The molecule has 0 saturated carbocycles. The number of carboxylic acids is 1. The van der Waals surface area contributed by atoms with Crippen molar-refractivity contribution in [3.63, 3.8) is 0 Å². The molecular weight excluding hydrogens is 185 g/mol. The van der Waals surface area contributed by atoms with Crippen molar-refractivity contribution >= 4 is 11.7 Å². The molecule has 14 heavy (non-hydrogen) atoms. The number of hydrogen-bond donors (Lipinski definition) is 2. The molecule has 0 saturated heterocycles. The molecule has 74 valence electrons. The first-order valence-corrected chi connectivity index (χ1v) is 4.02. The molecule has 1 aromatic rings. The molecule has 0 aliphatic carbocycles. The largest absolute Gasteiger partial charge is 0.478 e. The van der Waals surface area contributed by atoms with Crippen LogP contribution < -0.4 is 5.32 Å². The standard InChI is InChI=1S/C10H10FNO2/c1-7(5-10(13)14)12-9-4-2-3-8(11)6-9/h2-6,12H,1H3,(H,13,14)/b7-5-. The van der Waals surface area contributed by atoms with Crippen molar-refractivity contribution in [3.8, 4) is 0 Å². The summed E-state index contributed by atoms with van der Waals surface area (Å²) in [5, 5.41) is 11.2. The van der Waals surface area contributed by atoms with Crippen LogP contribution in [0.25, 0.3) is 0 Å². The Hall–Kier alpha value is -1.84. The number of anilines is 1. The van der Waals surface area contributed by atoms with E-state index in [2.05, 4.69) is 5.32 Å². The molecule has 0 fully saturated rings. The quantitative estimate of drug-likeness (QED) is 0.727. The molecule has 0 bridgehead atoms. The Kier molecular flexibility index (Phi) is 3.23. The first kappa shape index (κ1) is 10.2. The first-order chi connectivity index (χ1) is 6.58. The van der Waals surface area contributed by atoms with Gasteiger partial charge in [-0.2, -0.15) is 0 Å². The van der Waals surface area contributed by atoms with Gasteiger partial charge >= 0.3 is 5.97 Å². The van der Waals surface area contributed by atoms with Gasteiger partial charge in [0.05, 0.1) is 0 Å². The van der Waals surface area contributed by atoms with Crippen LogP contribution in [0.2, 0.25) is 0 Å². The monoisotopic (exact) mass is 195 g/mol. The Balaban J connectivity index is 2.74. The smallest absolute Gasteiger partial charge is 0.330 e. The van der Waals surface area contributed by atoms with Crippen LogP contribution >= 0.6 is 0 Å². The SMILES string of the molecule is C/C(=C/C(=O)O)Nc1cccc(F)c1. The van der Waals surface area contributed by atoms with E-state index in [-0.39, 0.29) is 5.82 Å². The van der Waals surface area contributed by atoms with Gasteiger partial charge in [-0.1, -0.05) is 6.07 Å². The van der Waals surface area contributed by atoms with Crippen molar-refractivity contribution in [1.29, 1.82) is 0 Å². The van der Waals surface area contributed by atoms with Crippen molar-refractivity contribution < 1.29 is 14.3 Å². The van der Waals surface area contributed by atoms with Crippen molar-refractivity contribution in [2.24, 2.45) is 0 Å². The summed E-state index contributed by atoms with van der Waals surface area (Å²) in [7, 11) is 0. The molecule has 3 nitrogen and oxygen atoms in total. The summed E-state index contributed by atoms with van der Waals surface area (Å²) in [5.41, 5.74) is 0.975. The Labute approximate surface area is 80.9 Å². The fourth-order valence-electron chi connectivity index (χ4n) is 1.02. The van der Waals surface area contributed by atoms with Gasteiger partial charge in [-0.15, -0.1) is 0 Å². The average molecular weight is 195 g/mol. The second kappa shape index (κ2) is 4.41. The minimum absolute atomic E-state index is 0.363. The average Bonchev–Trinajstić information content (AvgIpc) is 2.01. The lowest BCUT2D eigenvalue weighted by Crippen LogP contribution is -1.99. The molecular formula is C10H10FNO2.